The van der Waals surface area contributed by atoms with Crippen LogP contribution in [-0.2, 0) is 0 Å². The first-order valence-electron chi connectivity index (χ1n) is 9.19. The van der Waals surface area contributed by atoms with E-state index >= 15 is 0 Å². The Morgan fingerprint density at radius 3 is 2.56 bits per heavy atom. The van der Waals surface area contributed by atoms with Gasteiger partial charge < -0.3 is 9.32 Å². The SMILES string of the molecule is Cc1c(-c2nnc(-c3ccccc3)o2)sc2ncnc(N3CCCCC3)c12. The molecule has 0 aliphatic carbocycles. The van der Waals surface area contributed by atoms with Crippen molar-refractivity contribution in [1.29, 1.82) is 0 Å². The van der Waals surface area contributed by atoms with Crippen LogP contribution >= 0.6 is 11.3 Å². The van der Waals surface area contributed by atoms with E-state index in [4.69, 9.17) is 4.42 Å². The van der Waals surface area contributed by atoms with E-state index in [9.17, 15) is 0 Å². The lowest BCUT2D eigenvalue weighted by molar-refractivity contribution is 0.574. The van der Waals surface area contributed by atoms with Gasteiger partial charge in [-0.15, -0.1) is 21.5 Å². The molecule has 4 heterocycles. The summed E-state index contributed by atoms with van der Waals surface area (Å²) >= 11 is 1.59. The van der Waals surface area contributed by atoms with Crippen LogP contribution in [0.2, 0.25) is 0 Å². The number of aryl methyl sites for hydroxylation is 1. The summed E-state index contributed by atoms with van der Waals surface area (Å²) in [4.78, 5) is 13.4. The number of aromatic nitrogens is 4. The second-order valence-electron chi connectivity index (χ2n) is 6.76. The van der Waals surface area contributed by atoms with Crippen LogP contribution in [0, 0.1) is 6.92 Å². The first kappa shape index (κ1) is 16.4. The highest BCUT2D eigenvalue weighted by Gasteiger charge is 2.23. The number of benzene rings is 1. The maximum atomic E-state index is 5.98. The van der Waals surface area contributed by atoms with Crippen molar-refractivity contribution in [3.63, 3.8) is 0 Å². The van der Waals surface area contributed by atoms with Gasteiger partial charge >= 0.3 is 0 Å². The molecule has 1 aliphatic heterocycles. The summed E-state index contributed by atoms with van der Waals surface area (Å²) in [6.07, 6.45) is 5.38. The maximum absolute atomic E-state index is 5.98. The van der Waals surface area contributed by atoms with Crippen molar-refractivity contribution in [3.8, 4) is 22.2 Å². The van der Waals surface area contributed by atoms with Gasteiger partial charge in [-0.2, -0.15) is 0 Å². The van der Waals surface area contributed by atoms with E-state index in [1.807, 2.05) is 30.3 Å². The number of thiophene rings is 1. The quantitative estimate of drug-likeness (QED) is 0.515. The highest BCUT2D eigenvalue weighted by atomic mass is 32.1. The van der Waals surface area contributed by atoms with Gasteiger partial charge in [0.25, 0.3) is 5.89 Å². The zero-order chi connectivity index (χ0) is 18.2. The van der Waals surface area contributed by atoms with Crippen LogP contribution in [0.3, 0.4) is 0 Å². The van der Waals surface area contributed by atoms with Crippen molar-refractivity contribution in [1.82, 2.24) is 20.2 Å². The third-order valence-electron chi connectivity index (χ3n) is 5.00. The molecule has 7 heteroatoms. The van der Waals surface area contributed by atoms with Gasteiger partial charge in [-0.25, -0.2) is 9.97 Å². The number of piperidine rings is 1. The number of rotatable bonds is 3. The molecule has 1 aromatic carbocycles. The standard InChI is InChI=1S/C20H19N5OS/c1-13-15-17(25-10-6-3-7-11-25)21-12-22-20(15)27-16(13)19-24-23-18(26-19)14-8-4-2-5-9-14/h2,4-5,8-9,12H,3,6-7,10-11H2,1H3. The van der Waals surface area contributed by atoms with Crippen molar-refractivity contribution in [2.45, 2.75) is 26.2 Å². The third-order valence-corrected chi connectivity index (χ3v) is 6.19. The van der Waals surface area contributed by atoms with E-state index in [1.165, 1.54) is 19.3 Å². The van der Waals surface area contributed by atoms with Gasteiger partial charge in [0.2, 0.25) is 5.89 Å². The van der Waals surface area contributed by atoms with Crippen LogP contribution in [0.1, 0.15) is 24.8 Å². The Morgan fingerprint density at radius 2 is 1.74 bits per heavy atom. The maximum Gasteiger partial charge on any atom is 0.258 e. The van der Waals surface area contributed by atoms with E-state index in [2.05, 4.69) is 32.0 Å². The molecular weight excluding hydrogens is 358 g/mol. The van der Waals surface area contributed by atoms with Gasteiger partial charge in [-0.1, -0.05) is 18.2 Å². The molecule has 136 valence electrons. The molecule has 0 N–H and O–H groups in total. The van der Waals surface area contributed by atoms with Gasteiger partial charge in [0.05, 0.1) is 10.3 Å². The monoisotopic (exact) mass is 377 g/mol. The Balaban J connectivity index is 1.59. The molecule has 1 saturated heterocycles. The molecule has 0 bridgehead atoms. The van der Waals surface area contributed by atoms with Crippen molar-refractivity contribution >= 4 is 27.4 Å². The van der Waals surface area contributed by atoms with Crippen molar-refractivity contribution < 1.29 is 4.42 Å². The van der Waals surface area contributed by atoms with Gasteiger partial charge in [0.1, 0.15) is 17.0 Å². The van der Waals surface area contributed by atoms with Crippen LogP contribution < -0.4 is 4.90 Å². The third kappa shape index (κ3) is 2.88. The minimum atomic E-state index is 0.532. The summed E-state index contributed by atoms with van der Waals surface area (Å²) in [7, 11) is 0. The minimum Gasteiger partial charge on any atom is -0.415 e. The Morgan fingerprint density at radius 1 is 0.963 bits per heavy atom. The van der Waals surface area contributed by atoms with Crippen LogP contribution in [0.5, 0.6) is 0 Å². The van der Waals surface area contributed by atoms with Crippen molar-refractivity contribution in [3.05, 3.63) is 42.2 Å². The predicted molar refractivity (Wildman–Crippen MR) is 107 cm³/mol. The van der Waals surface area contributed by atoms with Gasteiger partial charge in [0, 0.05) is 18.7 Å². The molecule has 5 rings (SSSR count). The Kier molecular flexibility index (Phi) is 4.09. The molecule has 4 aromatic rings. The largest absolute Gasteiger partial charge is 0.415 e. The Labute approximate surface area is 160 Å². The van der Waals surface area contributed by atoms with E-state index in [0.29, 0.717) is 11.8 Å². The number of nitrogens with zero attached hydrogens (tertiary/aromatic N) is 5. The molecule has 1 aliphatic rings. The zero-order valence-corrected chi connectivity index (χ0v) is 15.9. The van der Waals surface area contributed by atoms with Gasteiger partial charge in [-0.3, -0.25) is 0 Å². The van der Waals surface area contributed by atoms with Gasteiger partial charge in [0.15, 0.2) is 0 Å². The number of anilines is 1. The summed E-state index contributed by atoms with van der Waals surface area (Å²) in [5.74, 6) is 2.10. The first-order valence-corrected chi connectivity index (χ1v) is 10.0. The molecule has 0 atom stereocenters. The Bertz CT molecular complexity index is 1080. The smallest absolute Gasteiger partial charge is 0.258 e. The molecule has 0 spiro atoms. The van der Waals surface area contributed by atoms with Crippen LogP contribution in [0.4, 0.5) is 5.82 Å². The zero-order valence-electron chi connectivity index (χ0n) is 15.1. The van der Waals surface area contributed by atoms with Crippen LogP contribution in [-0.4, -0.2) is 33.3 Å². The average molecular weight is 377 g/mol. The molecular formula is C20H19N5OS. The number of fused-ring (bicyclic) bond motifs is 1. The molecule has 3 aromatic heterocycles. The Hall–Kier alpha value is -2.80. The normalized spacial score (nSPS) is 14.8. The van der Waals surface area contributed by atoms with Crippen LogP contribution in [0.15, 0.2) is 41.1 Å². The lowest BCUT2D eigenvalue weighted by Crippen LogP contribution is -2.30. The molecule has 0 saturated carbocycles. The topological polar surface area (TPSA) is 67.9 Å². The first-order chi connectivity index (χ1) is 13.3. The highest BCUT2D eigenvalue weighted by Crippen LogP contribution is 2.41. The van der Waals surface area contributed by atoms with E-state index < -0.39 is 0 Å². The van der Waals surface area contributed by atoms with E-state index in [-0.39, 0.29) is 0 Å². The summed E-state index contributed by atoms with van der Waals surface area (Å²) < 4.78 is 5.98. The fraction of sp³-hybridized carbons (Fsp3) is 0.300. The van der Waals surface area contributed by atoms with E-state index in [1.54, 1.807) is 17.7 Å². The summed E-state index contributed by atoms with van der Waals surface area (Å²) in [5.41, 5.74) is 2.03. The summed E-state index contributed by atoms with van der Waals surface area (Å²) in [6, 6.07) is 9.83. The molecule has 0 amide bonds. The summed E-state index contributed by atoms with van der Waals surface area (Å²) in [6.45, 7) is 4.20. The number of hydrogen-bond donors (Lipinski definition) is 0. The van der Waals surface area contributed by atoms with Gasteiger partial charge in [-0.05, 0) is 43.9 Å². The fourth-order valence-electron chi connectivity index (χ4n) is 3.61. The fourth-order valence-corrected chi connectivity index (χ4v) is 4.68. The molecule has 0 radical (unpaired) electrons. The second-order valence-corrected chi connectivity index (χ2v) is 7.76. The summed E-state index contributed by atoms with van der Waals surface area (Å²) in [5, 5.41) is 9.63. The number of hydrogen-bond acceptors (Lipinski definition) is 7. The van der Waals surface area contributed by atoms with Crippen LogP contribution in [0.25, 0.3) is 32.4 Å². The average Bonchev–Trinajstić information content (AvgIpc) is 3.34. The lowest BCUT2D eigenvalue weighted by Gasteiger charge is -2.28. The van der Waals surface area contributed by atoms with E-state index in [0.717, 1.165) is 45.1 Å². The highest BCUT2D eigenvalue weighted by molar-refractivity contribution is 7.22. The molecule has 0 unspecified atom stereocenters. The minimum absolute atomic E-state index is 0.532. The molecule has 6 nitrogen and oxygen atoms in total. The van der Waals surface area contributed by atoms with Crippen molar-refractivity contribution in [2.24, 2.45) is 0 Å². The van der Waals surface area contributed by atoms with Crippen molar-refractivity contribution in [2.75, 3.05) is 18.0 Å². The molecule has 1 fully saturated rings. The second kappa shape index (κ2) is 6.74. The molecule has 27 heavy (non-hydrogen) atoms. The lowest BCUT2D eigenvalue weighted by atomic mass is 10.1. The predicted octanol–water partition coefficient (Wildman–Crippen LogP) is 4.71.